The average molecular weight is 315 g/mol. The maximum absolute atomic E-state index is 5.67. The number of ether oxygens (including phenoxy) is 1. The van der Waals surface area contributed by atoms with Crippen molar-refractivity contribution in [2.45, 2.75) is 58.9 Å². The molecule has 1 aromatic rings. The fourth-order valence-electron chi connectivity index (χ4n) is 2.50. The molecule has 0 aromatic heterocycles. The Morgan fingerprint density at radius 3 is 2.70 bits per heavy atom. The maximum Gasteiger partial charge on any atom is 0.191 e. The summed E-state index contributed by atoms with van der Waals surface area (Å²) in [5.41, 5.74) is 2.40. The number of nitrogens with zero attached hydrogens (tertiary/aromatic N) is 1. The number of nitrogens with one attached hydrogen (secondary N) is 2. The van der Waals surface area contributed by atoms with Crippen LogP contribution in [0.2, 0.25) is 0 Å². The Morgan fingerprint density at radius 2 is 2.00 bits per heavy atom. The Balaban J connectivity index is 1.93. The first-order valence-corrected chi connectivity index (χ1v) is 8.56. The lowest BCUT2D eigenvalue weighted by atomic mass is 10.1. The molecule has 126 valence electrons. The molecule has 0 bridgehead atoms. The Bertz CT molecular complexity index is 529. The summed E-state index contributed by atoms with van der Waals surface area (Å²) in [4.78, 5) is 4.71. The third-order valence-corrected chi connectivity index (χ3v) is 3.69. The first kappa shape index (κ1) is 17.5. The van der Waals surface area contributed by atoms with E-state index in [2.05, 4.69) is 67.8 Å². The smallest absolute Gasteiger partial charge is 0.191 e. The molecule has 1 aromatic carbocycles. The van der Waals surface area contributed by atoms with Crippen LogP contribution in [-0.2, 0) is 17.9 Å². The van der Waals surface area contributed by atoms with Gasteiger partial charge in [-0.15, -0.1) is 0 Å². The zero-order chi connectivity index (χ0) is 16.5. The summed E-state index contributed by atoms with van der Waals surface area (Å²) < 4.78 is 5.67. The minimum absolute atomic E-state index is 0.251. The standard InChI is InChI=1S/C19H29N3O/c1-4-20-19(22-18-10-5-6-11-18)21-13-16-8-7-9-17(12-16)14-23-15(2)3/h5-9,12,15,18H,4,10-11,13-14H2,1-3H3,(H2,20,21,22). The third kappa shape index (κ3) is 6.45. The van der Waals surface area contributed by atoms with Gasteiger partial charge in [-0.1, -0.05) is 36.4 Å². The summed E-state index contributed by atoms with van der Waals surface area (Å²) in [6, 6.07) is 8.93. The zero-order valence-electron chi connectivity index (χ0n) is 14.5. The van der Waals surface area contributed by atoms with Crippen molar-refractivity contribution in [3.63, 3.8) is 0 Å². The highest BCUT2D eigenvalue weighted by Gasteiger charge is 2.11. The molecular weight excluding hydrogens is 286 g/mol. The van der Waals surface area contributed by atoms with Crippen LogP contribution in [-0.4, -0.2) is 24.7 Å². The summed E-state index contributed by atoms with van der Waals surface area (Å²) in [6.45, 7) is 8.40. The highest BCUT2D eigenvalue weighted by atomic mass is 16.5. The van der Waals surface area contributed by atoms with Gasteiger partial charge in [0, 0.05) is 12.6 Å². The van der Waals surface area contributed by atoms with Gasteiger partial charge in [0.25, 0.3) is 0 Å². The van der Waals surface area contributed by atoms with Crippen molar-refractivity contribution in [1.29, 1.82) is 0 Å². The number of hydrogen-bond acceptors (Lipinski definition) is 2. The van der Waals surface area contributed by atoms with Crippen molar-refractivity contribution in [3.05, 3.63) is 47.5 Å². The van der Waals surface area contributed by atoms with Gasteiger partial charge in [0.1, 0.15) is 0 Å². The van der Waals surface area contributed by atoms with Gasteiger partial charge in [-0.05, 0) is 44.7 Å². The van der Waals surface area contributed by atoms with Crippen LogP contribution in [0.1, 0.15) is 44.7 Å². The molecule has 0 radical (unpaired) electrons. The lowest BCUT2D eigenvalue weighted by Gasteiger charge is -2.16. The molecule has 1 aliphatic rings. The Kier molecular flexibility index (Phi) is 7.14. The average Bonchev–Trinajstić information content (AvgIpc) is 3.04. The van der Waals surface area contributed by atoms with Gasteiger partial charge >= 0.3 is 0 Å². The monoisotopic (exact) mass is 315 g/mol. The van der Waals surface area contributed by atoms with Crippen molar-refractivity contribution < 1.29 is 4.74 Å². The van der Waals surface area contributed by atoms with E-state index in [1.165, 1.54) is 11.1 Å². The SMILES string of the molecule is CCNC(=NCc1cccc(COC(C)C)c1)NC1CC=CC1. The molecule has 4 nitrogen and oxygen atoms in total. The topological polar surface area (TPSA) is 45.7 Å². The van der Waals surface area contributed by atoms with Crippen molar-refractivity contribution in [3.8, 4) is 0 Å². The molecular formula is C19H29N3O. The molecule has 1 aliphatic carbocycles. The van der Waals surface area contributed by atoms with Crippen LogP contribution in [0.4, 0.5) is 0 Å². The van der Waals surface area contributed by atoms with Crippen LogP contribution in [0.5, 0.6) is 0 Å². The minimum atomic E-state index is 0.251. The van der Waals surface area contributed by atoms with Crippen LogP contribution in [0.15, 0.2) is 41.4 Å². The highest BCUT2D eigenvalue weighted by Crippen LogP contribution is 2.10. The molecule has 0 spiro atoms. The van der Waals surface area contributed by atoms with E-state index in [0.29, 0.717) is 19.2 Å². The molecule has 0 saturated carbocycles. The molecule has 4 heteroatoms. The normalized spacial score (nSPS) is 15.4. The van der Waals surface area contributed by atoms with Crippen molar-refractivity contribution in [2.75, 3.05) is 6.54 Å². The zero-order valence-corrected chi connectivity index (χ0v) is 14.5. The van der Waals surface area contributed by atoms with E-state index in [0.717, 1.165) is 25.3 Å². The summed E-state index contributed by atoms with van der Waals surface area (Å²) >= 11 is 0. The number of guanidine groups is 1. The van der Waals surface area contributed by atoms with Gasteiger partial charge in [0.2, 0.25) is 0 Å². The number of benzene rings is 1. The molecule has 0 aliphatic heterocycles. The molecule has 0 saturated heterocycles. The van der Waals surface area contributed by atoms with Gasteiger partial charge in [-0.3, -0.25) is 0 Å². The van der Waals surface area contributed by atoms with Gasteiger partial charge in [-0.2, -0.15) is 0 Å². The highest BCUT2D eigenvalue weighted by molar-refractivity contribution is 5.80. The van der Waals surface area contributed by atoms with Crippen LogP contribution >= 0.6 is 0 Å². The summed E-state index contributed by atoms with van der Waals surface area (Å²) in [6.07, 6.45) is 6.85. The second kappa shape index (κ2) is 9.36. The molecule has 0 fully saturated rings. The largest absolute Gasteiger partial charge is 0.374 e. The quantitative estimate of drug-likeness (QED) is 0.460. The van der Waals surface area contributed by atoms with E-state index in [1.807, 2.05) is 0 Å². The van der Waals surface area contributed by atoms with E-state index >= 15 is 0 Å². The predicted octanol–water partition coefficient (Wildman–Crippen LogP) is 3.39. The van der Waals surface area contributed by atoms with Gasteiger partial charge in [0.05, 0.1) is 19.3 Å². The van der Waals surface area contributed by atoms with Crippen LogP contribution < -0.4 is 10.6 Å². The Hall–Kier alpha value is -1.81. The number of rotatable bonds is 7. The van der Waals surface area contributed by atoms with Crippen molar-refractivity contribution in [1.82, 2.24) is 10.6 Å². The van der Waals surface area contributed by atoms with Gasteiger partial charge in [0.15, 0.2) is 5.96 Å². The van der Waals surface area contributed by atoms with E-state index < -0.39 is 0 Å². The first-order valence-electron chi connectivity index (χ1n) is 8.56. The van der Waals surface area contributed by atoms with Gasteiger partial charge in [-0.25, -0.2) is 4.99 Å². The summed E-state index contributed by atoms with van der Waals surface area (Å²) in [5.74, 6) is 0.894. The Morgan fingerprint density at radius 1 is 1.26 bits per heavy atom. The minimum Gasteiger partial charge on any atom is -0.374 e. The second-order valence-electron chi connectivity index (χ2n) is 6.16. The molecule has 0 heterocycles. The van der Waals surface area contributed by atoms with E-state index in [1.54, 1.807) is 0 Å². The number of aliphatic imine (C=N–C) groups is 1. The lowest BCUT2D eigenvalue weighted by molar-refractivity contribution is 0.0657. The molecule has 2 rings (SSSR count). The predicted molar refractivity (Wildman–Crippen MR) is 96.5 cm³/mol. The van der Waals surface area contributed by atoms with Crippen molar-refractivity contribution >= 4 is 5.96 Å². The van der Waals surface area contributed by atoms with Crippen LogP contribution in [0.3, 0.4) is 0 Å². The molecule has 0 atom stereocenters. The molecule has 0 amide bonds. The van der Waals surface area contributed by atoms with E-state index in [-0.39, 0.29) is 6.10 Å². The summed E-state index contributed by atoms with van der Waals surface area (Å²) in [5, 5.41) is 6.81. The molecule has 2 N–H and O–H groups in total. The molecule has 0 unspecified atom stereocenters. The van der Waals surface area contributed by atoms with E-state index in [4.69, 9.17) is 9.73 Å². The number of hydrogen-bond donors (Lipinski definition) is 2. The fourth-order valence-corrected chi connectivity index (χ4v) is 2.50. The maximum atomic E-state index is 5.67. The second-order valence-corrected chi connectivity index (χ2v) is 6.16. The lowest BCUT2D eigenvalue weighted by Crippen LogP contribution is -2.42. The van der Waals surface area contributed by atoms with Gasteiger partial charge < -0.3 is 15.4 Å². The van der Waals surface area contributed by atoms with Crippen LogP contribution in [0.25, 0.3) is 0 Å². The summed E-state index contributed by atoms with van der Waals surface area (Å²) in [7, 11) is 0. The fraction of sp³-hybridized carbons (Fsp3) is 0.526. The van der Waals surface area contributed by atoms with Crippen molar-refractivity contribution in [2.24, 2.45) is 4.99 Å². The van der Waals surface area contributed by atoms with Crippen LogP contribution in [0, 0.1) is 0 Å². The Labute approximate surface area is 140 Å². The third-order valence-electron chi connectivity index (χ3n) is 3.69. The van der Waals surface area contributed by atoms with E-state index in [9.17, 15) is 0 Å². The first-order chi connectivity index (χ1) is 11.2. The molecule has 23 heavy (non-hydrogen) atoms.